The van der Waals surface area contributed by atoms with Gasteiger partial charge in [0.1, 0.15) is 11.6 Å². The van der Waals surface area contributed by atoms with Gasteiger partial charge in [0.05, 0.1) is 6.42 Å². The molecule has 0 amide bonds. The zero-order valence-corrected chi connectivity index (χ0v) is 5.52. The van der Waals surface area contributed by atoms with E-state index in [0.717, 1.165) is 6.42 Å². The van der Waals surface area contributed by atoms with Crippen LogP contribution < -0.4 is 0 Å². The summed E-state index contributed by atoms with van der Waals surface area (Å²) in [5.74, 6) is 0.354. The van der Waals surface area contributed by atoms with Gasteiger partial charge in [-0.1, -0.05) is 6.92 Å². The predicted octanol–water partition coefficient (Wildman–Crippen LogP) is 0.945. The molecule has 2 heteroatoms. The van der Waals surface area contributed by atoms with Crippen LogP contribution in [0.25, 0.3) is 0 Å². The highest BCUT2D eigenvalue weighted by Crippen LogP contribution is 2.16. The minimum atomic E-state index is 0.109. The summed E-state index contributed by atoms with van der Waals surface area (Å²) in [6, 6.07) is 0. The Morgan fingerprint density at radius 2 is 2.11 bits per heavy atom. The zero-order chi connectivity index (χ0) is 6.85. The molecule has 9 heavy (non-hydrogen) atoms. The average Bonchev–Trinajstić information content (AvgIpc) is 1.80. The van der Waals surface area contributed by atoms with Gasteiger partial charge >= 0.3 is 0 Å². The van der Waals surface area contributed by atoms with Gasteiger partial charge in [0, 0.05) is 12.3 Å². The topological polar surface area (TPSA) is 34.1 Å². The molecule has 0 aliphatic heterocycles. The third-order valence-corrected chi connectivity index (χ3v) is 1.78. The molecule has 1 saturated carbocycles. The number of Topliss-reactive ketones (excluding diaryl/α,β-unsaturated/α-hetero) is 2. The molecular weight excluding hydrogens is 116 g/mol. The molecule has 1 aliphatic carbocycles. The van der Waals surface area contributed by atoms with Crippen LogP contribution in [-0.2, 0) is 9.59 Å². The molecule has 0 heterocycles. The summed E-state index contributed by atoms with van der Waals surface area (Å²) in [7, 11) is 0. The Morgan fingerprint density at radius 3 is 2.56 bits per heavy atom. The monoisotopic (exact) mass is 126 g/mol. The van der Waals surface area contributed by atoms with E-state index in [1.165, 1.54) is 0 Å². The Morgan fingerprint density at radius 1 is 1.44 bits per heavy atom. The summed E-state index contributed by atoms with van der Waals surface area (Å²) in [5.41, 5.74) is 0. The van der Waals surface area contributed by atoms with Gasteiger partial charge in [-0.05, 0) is 6.42 Å². The Balaban J connectivity index is 2.54. The summed E-state index contributed by atoms with van der Waals surface area (Å²) >= 11 is 0. The average molecular weight is 126 g/mol. The Hall–Kier alpha value is -0.660. The lowest BCUT2D eigenvalue weighted by atomic mass is 9.89. The van der Waals surface area contributed by atoms with E-state index < -0.39 is 0 Å². The van der Waals surface area contributed by atoms with Gasteiger partial charge in [0.15, 0.2) is 0 Å². The first kappa shape index (κ1) is 6.46. The number of carbonyl (C=O) groups is 2. The summed E-state index contributed by atoms with van der Waals surface area (Å²) in [6.45, 7) is 1.88. The first-order valence-corrected chi connectivity index (χ1v) is 3.24. The van der Waals surface area contributed by atoms with Crippen molar-refractivity contribution >= 4 is 11.6 Å². The van der Waals surface area contributed by atoms with E-state index in [0.29, 0.717) is 6.42 Å². The summed E-state index contributed by atoms with van der Waals surface area (Å²) in [6.07, 6.45) is 1.55. The Labute approximate surface area is 54.2 Å². The van der Waals surface area contributed by atoms with Crippen LogP contribution in [0.3, 0.4) is 0 Å². The quantitative estimate of drug-likeness (QED) is 0.453. The van der Waals surface area contributed by atoms with Crippen LogP contribution in [0.5, 0.6) is 0 Å². The fourth-order valence-corrected chi connectivity index (χ4v) is 0.995. The minimum Gasteiger partial charge on any atom is -0.299 e. The highest BCUT2D eigenvalue weighted by atomic mass is 16.1. The number of hydrogen-bond donors (Lipinski definition) is 0. The number of hydrogen-bond acceptors (Lipinski definition) is 2. The van der Waals surface area contributed by atoms with Crippen molar-refractivity contribution in [1.29, 1.82) is 0 Å². The van der Waals surface area contributed by atoms with Crippen LogP contribution in [0.2, 0.25) is 0 Å². The number of ketones is 2. The summed E-state index contributed by atoms with van der Waals surface area (Å²) in [4.78, 5) is 21.4. The molecular formula is C7H10O2. The second-order valence-electron chi connectivity index (χ2n) is 2.62. The molecule has 0 N–H and O–H groups in total. The molecule has 2 nitrogen and oxygen atoms in total. The SMILES string of the molecule is CC1CCC(=O)CC1=O. The van der Waals surface area contributed by atoms with E-state index in [1.807, 2.05) is 6.92 Å². The van der Waals surface area contributed by atoms with Crippen molar-refractivity contribution in [2.24, 2.45) is 5.92 Å². The first-order valence-electron chi connectivity index (χ1n) is 3.24. The van der Waals surface area contributed by atoms with E-state index in [-0.39, 0.29) is 23.9 Å². The van der Waals surface area contributed by atoms with Crippen molar-refractivity contribution in [3.63, 3.8) is 0 Å². The third-order valence-electron chi connectivity index (χ3n) is 1.78. The maximum atomic E-state index is 10.8. The van der Waals surface area contributed by atoms with Crippen LogP contribution in [0.4, 0.5) is 0 Å². The molecule has 0 bridgehead atoms. The summed E-state index contributed by atoms with van der Waals surface area (Å²) in [5, 5.41) is 0. The van der Waals surface area contributed by atoms with Gasteiger partial charge in [-0.15, -0.1) is 0 Å². The highest BCUT2D eigenvalue weighted by molar-refractivity contribution is 6.02. The highest BCUT2D eigenvalue weighted by Gasteiger charge is 2.22. The van der Waals surface area contributed by atoms with E-state index in [2.05, 4.69) is 0 Å². The standard InChI is InChI=1S/C7H10O2/c1-5-2-3-6(8)4-7(5)9/h5H,2-4H2,1H3. The third kappa shape index (κ3) is 1.37. The smallest absolute Gasteiger partial charge is 0.143 e. The zero-order valence-electron chi connectivity index (χ0n) is 5.52. The van der Waals surface area contributed by atoms with Crippen molar-refractivity contribution < 1.29 is 9.59 Å². The van der Waals surface area contributed by atoms with Gasteiger partial charge in [0.2, 0.25) is 0 Å². The minimum absolute atomic E-state index is 0.109. The maximum absolute atomic E-state index is 10.8. The van der Waals surface area contributed by atoms with Gasteiger partial charge in [-0.3, -0.25) is 9.59 Å². The van der Waals surface area contributed by atoms with Crippen molar-refractivity contribution in [3.8, 4) is 0 Å². The lowest BCUT2D eigenvalue weighted by Crippen LogP contribution is -2.22. The fraction of sp³-hybridized carbons (Fsp3) is 0.714. The number of carbonyl (C=O) groups excluding carboxylic acids is 2. The number of rotatable bonds is 0. The van der Waals surface area contributed by atoms with Crippen molar-refractivity contribution in [1.82, 2.24) is 0 Å². The van der Waals surface area contributed by atoms with E-state index in [1.54, 1.807) is 0 Å². The second kappa shape index (κ2) is 2.29. The maximum Gasteiger partial charge on any atom is 0.143 e. The van der Waals surface area contributed by atoms with Crippen LogP contribution in [0.15, 0.2) is 0 Å². The van der Waals surface area contributed by atoms with Crippen LogP contribution >= 0.6 is 0 Å². The molecule has 0 aromatic rings. The van der Waals surface area contributed by atoms with Gasteiger partial charge in [-0.25, -0.2) is 0 Å². The van der Waals surface area contributed by atoms with Gasteiger partial charge in [-0.2, -0.15) is 0 Å². The molecule has 1 fully saturated rings. The molecule has 1 rings (SSSR count). The molecule has 50 valence electrons. The molecule has 0 aromatic carbocycles. The van der Waals surface area contributed by atoms with Crippen molar-refractivity contribution in [3.05, 3.63) is 0 Å². The Kier molecular flexibility index (Phi) is 1.65. The van der Waals surface area contributed by atoms with E-state index in [4.69, 9.17) is 0 Å². The molecule has 1 aliphatic rings. The summed E-state index contributed by atoms with van der Waals surface area (Å²) < 4.78 is 0. The van der Waals surface area contributed by atoms with E-state index in [9.17, 15) is 9.59 Å². The lowest BCUT2D eigenvalue weighted by Gasteiger charge is -2.13. The van der Waals surface area contributed by atoms with Crippen molar-refractivity contribution in [2.75, 3.05) is 0 Å². The predicted molar refractivity (Wildman–Crippen MR) is 33.0 cm³/mol. The molecule has 0 radical (unpaired) electrons. The van der Waals surface area contributed by atoms with E-state index >= 15 is 0 Å². The normalized spacial score (nSPS) is 28.8. The Bertz CT molecular complexity index is 149. The molecule has 0 spiro atoms. The van der Waals surface area contributed by atoms with Gasteiger partial charge < -0.3 is 0 Å². The molecule has 1 unspecified atom stereocenters. The molecule has 0 saturated heterocycles. The first-order chi connectivity index (χ1) is 4.20. The van der Waals surface area contributed by atoms with Crippen LogP contribution in [0.1, 0.15) is 26.2 Å². The molecule has 0 aromatic heterocycles. The second-order valence-corrected chi connectivity index (χ2v) is 2.62. The van der Waals surface area contributed by atoms with Crippen molar-refractivity contribution in [2.45, 2.75) is 26.2 Å². The largest absolute Gasteiger partial charge is 0.299 e. The van der Waals surface area contributed by atoms with Crippen LogP contribution in [0, 0.1) is 5.92 Å². The molecule has 1 atom stereocenters. The van der Waals surface area contributed by atoms with Gasteiger partial charge in [0.25, 0.3) is 0 Å². The fourth-order valence-electron chi connectivity index (χ4n) is 0.995. The lowest BCUT2D eigenvalue weighted by molar-refractivity contribution is -0.132. The van der Waals surface area contributed by atoms with Crippen LogP contribution in [-0.4, -0.2) is 11.6 Å².